The molecule has 2 aromatic rings. The predicted octanol–water partition coefficient (Wildman–Crippen LogP) is 1.99. The summed E-state index contributed by atoms with van der Waals surface area (Å²) in [4.78, 5) is 10.8. The Morgan fingerprint density at radius 1 is 1.57 bits per heavy atom. The van der Waals surface area contributed by atoms with Crippen LogP contribution in [-0.4, -0.2) is 20.7 Å². The topological polar surface area (TPSA) is 54.6 Å². The zero-order valence-electron chi connectivity index (χ0n) is 7.36. The van der Waals surface area contributed by atoms with Crippen molar-refractivity contribution in [2.45, 2.75) is 6.92 Å². The summed E-state index contributed by atoms with van der Waals surface area (Å²) in [5, 5.41) is 13.2. The third kappa shape index (κ3) is 1.15. The number of hydrogen-bond donors (Lipinski definition) is 1. The highest BCUT2D eigenvalue weighted by atomic mass is 35.5. The van der Waals surface area contributed by atoms with Crippen LogP contribution in [0.15, 0.2) is 18.3 Å². The fourth-order valence-electron chi connectivity index (χ4n) is 1.39. The van der Waals surface area contributed by atoms with Crippen molar-refractivity contribution < 1.29 is 9.90 Å². The highest BCUT2D eigenvalue weighted by Crippen LogP contribution is 2.19. The van der Waals surface area contributed by atoms with E-state index in [0.29, 0.717) is 10.7 Å². The van der Waals surface area contributed by atoms with Gasteiger partial charge in [-0.25, -0.2) is 9.31 Å². The molecule has 1 N–H and O–H groups in total. The second-order valence-corrected chi connectivity index (χ2v) is 3.35. The summed E-state index contributed by atoms with van der Waals surface area (Å²) in [5.41, 5.74) is 1.55. The van der Waals surface area contributed by atoms with Gasteiger partial charge in [0.15, 0.2) is 0 Å². The number of fused-ring (bicyclic) bond motifs is 1. The summed E-state index contributed by atoms with van der Waals surface area (Å²) < 4.78 is 1.42. The first-order valence-corrected chi connectivity index (χ1v) is 4.35. The fraction of sp³-hybridized carbons (Fsp3) is 0.111. The summed E-state index contributed by atoms with van der Waals surface area (Å²) in [6.07, 6.45) is 1.30. The quantitative estimate of drug-likeness (QED) is 0.733. The highest BCUT2D eigenvalue weighted by molar-refractivity contribution is 6.29. The summed E-state index contributed by atoms with van der Waals surface area (Å²) in [6.45, 7) is 1.82. The third-order valence-corrected chi connectivity index (χ3v) is 2.33. The Morgan fingerprint density at radius 3 is 2.93 bits per heavy atom. The maximum absolute atomic E-state index is 10.8. The van der Waals surface area contributed by atoms with Gasteiger partial charge in [-0.3, -0.25) is 0 Å². The Morgan fingerprint density at radius 2 is 2.29 bits per heavy atom. The maximum Gasteiger partial charge on any atom is 0.339 e. The molecule has 4 nitrogen and oxygen atoms in total. The lowest BCUT2D eigenvalue weighted by atomic mass is 10.2. The van der Waals surface area contributed by atoms with Crippen molar-refractivity contribution in [2.75, 3.05) is 0 Å². The minimum Gasteiger partial charge on any atom is -0.478 e. The van der Waals surface area contributed by atoms with Crippen LogP contribution in [0.1, 0.15) is 15.9 Å². The molecule has 5 heteroatoms. The average molecular weight is 211 g/mol. The molecule has 0 bridgehead atoms. The lowest BCUT2D eigenvalue weighted by Crippen LogP contribution is -1.97. The number of aryl methyl sites for hydroxylation is 1. The summed E-state index contributed by atoms with van der Waals surface area (Å²) in [7, 11) is 0. The number of halogens is 1. The van der Waals surface area contributed by atoms with Crippen LogP contribution in [-0.2, 0) is 0 Å². The van der Waals surface area contributed by atoms with Gasteiger partial charge in [0, 0.05) is 0 Å². The molecule has 14 heavy (non-hydrogen) atoms. The van der Waals surface area contributed by atoms with E-state index in [1.54, 1.807) is 12.1 Å². The van der Waals surface area contributed by atoms with E-state index in [1.165, 1.54) is 10.7 Å². The zero-order chi connectivity index (χ0) is 10.3. The standard InChI is InChI=1S/C9H7ClN2O2/c1-5-2-3-7(10)12-8(5)6(4-11-12)9(13)14/h2-4H,1H3,(H,13,14). The average Bonchev–Trinajstić information content (AvgIpc) is 2.56. The second kappa shape index (κ2) is 2.99. The van der Waals surface area contributed by atoms with Crippen molar-refractivity contribution in [3.05, 3.63) is 34.6 Å². The Kier molecular flexibility index (Phi) is 1.93. The molecule has 2 heterocycles. The zero-order valence-corrected chi connectivity index (χ0v) is 8.12. The predicted molar refractivity (Wildman–Crippen MR) is 51.9 cm³/mol. The number of rotatable bonds is 1. The van der Waals surface area contributed by atoms with E-state index in [4.69, 9.17) is 16.7 Å². The Labute approximate surface area is 84.7 Å². The lowest BCUT2D eigenvalue weighted by Gasteiger charge is -2.00. The molecule has 0 aliphatic heterocycles. The van der Waals surface area contributed by atoms with E-state index >= 15 is 0 Å². The summed E-state index contributed by atoms with van der Waals surface area (Å²) >= 11 is 5.85. The number of pyridine rings is 1. The lowest BCUT2D eigenvalue weighted by molar-refractivity contribution is 0.0699. The molecule has 0 fully saturated rings. The third-order valence-electron chi connectivity index (χ3n) is 2.05. The normalized spacial score (nSPS) is 10.7. The molecule has 2 rings (SSSR count). The smallest absolute Gasteiger partial charge is 0.339 e. The van der Waals surface area contributed by atoms with Gasteiger partial charge in [0.2, 0.25) is 0 Å². The van der Waals surface area contributed by atoms with Crippen LogP contribution in [0, 0.1) is 6.92 Å². The van der Waals surface area contributed by atoms with E-state index < -0.39 is 5.97 Å². The number of hydrogen-bond acceptors (Lipinski definition) is 2. The first-order valence-electron chi connectivity index (χ1n) is 3.97. The Bertz CT molecular complexity index is 519. The van der Waals surface area contributed by atoms with Gasteiger partial charge in [0.1, 0.15) is 10.7 Å². The first kappa shape index (κ1) is 9.02. The molecule has 0 aromatic carbocycles. The molecular formula is C9H7ClN2O2. The molecule has 0 saturated carbocycles. The van der Waals surface area contributed by atoms with Gasteiger partial charge < -0.3 is 5.11 Å². The summed E-state index contributed by atoms with van der Waals surface area (Å²) in [6, 6.07) is 3.45. The monoisotopic (exact) mass is 210 g/mol. The number of nitrogens with zero attached hydrogens (tertiary/aromatic N) is 2. The van der Waals surface area contributed by atoms with Crippen molar-refractivity contribution in [1.82, 2.24) is 9.61 Å². The molecule has 0 spiro atoms. The minimum atomic E-state index is -0.995. The van der Waals surface area contributed by atoms with Crippen LogP contribution in [0.2, 0.25) is 5.15 Å². The van der Waals surface area contributed by atoms with Gasteiger partial charge in [0.25, 0.3) is 0 Å². The molecule has 0 aliphatic rings. The van der Waals surface area contributed by atoms with Crippen LogP contribution in [0.3, 0.4) is 0 Å². The molecule has 2 aromatic heterocycles. The van der Waals surface area contributed by atoms with Gasteiger partial charge in [-0.05, 0) is 18.6 Å². The van der Waals surface area contributed by atoms with Gasteiger partial charge >= 0.3 is 5.97 Å². The van der Waals surface area contributed by atoms with E-state index in [1.807, 2.05) is 6.92 Å². The Hall–Kier alpha value is -1.55. The minimum absolute atomic E-state index is 0.171. The number of carboxylic acids is 1. The molecule has 0 radical (unpaired) electrons. The number of carboxylic acid groups (broad SMARTS) is 1. The Balaban J connectivity index is 2.90. The van der Waals surface area contributed by atoms with Gasteiger partial charge in [0.05, 0.1) is 11.7 Å². The van der Waals surface area contributed by atoms with Crippen LogP contribution >= 0.6 is 11.6 Å². The number of aromatic nitrogens is 2. The van der Waals surface area contributed by atoms with Crippen LogP contribution in [0.4, 0.5) is 0 Å². The fourth-order valence-corrected chi connectivity index (χ4v) is 1.58. The van der Waals surface area contributed by atoms with Crippen molar-refractivity contribution in [3.8, 4) is 0 Å². The van der Waals surface area contributed by atoms with Crippen molar-refractivity contribution in [2.24, 2.45) is 0 Å². The number of carbonyl (C=O) groups is 1. The van der Waals surface area contributed by atoms with E-state index in [0.717, 1.165) is 5.56 Å². The van der Waals surface area contributed by atoms with Crippen molar-refractivity contribution in [3.63, 3.8) is 0 Å². The van der Waals surface area contributed by atoms with Crippen molar-refractivity contribution >= 4 is 23.1 Å². The van der Waals surface area contributed by atoms with Crippen LogP contribution in [0.5, 0.6) is 0 Å². The van der Waals surface area contributed by atoms with Gasteiger partial charge in [-0.2, -0.15) is 5.10 Å². The molecule has 72 valence electrons. The second-order valence-electron chi connectivity index (χ2n) is 2.96. The SMILES string of the molecule is Cc1ccc(Cl)n2ncc(C(=O)O)c12. The van der Waals surface area contributed by atoms with Crippen molar-refractivity contribution in [1.29, 1.82) is 0 Å². The van der Waals surface area contributed by atoms with Gasteiger partial charge in [-0.1, -0.05) is 17.7 Å². The molecule has 0 atom stereocenters. The molecule has 0 aliphatic carbocycles. The molecule has 0 unspecified atom stereocenters. The van der Waals surface area contributed by atoms with E-state index in [2.05, 4.69) is 5.10 Å². The largest absolute Gasteiger partial charge is 0.478 e. The first-order chi connectivity index (χ1) is 6.61. The van der Waals surface area contributed by atoms with E-state index in [-0.39, 0.29) is 5.56 Å². The molecule has 0 saturated heterocycles. The molecule has 0 amide bonds. The van der Waals surface area contributed by atoms with E-state index in [9.17, 15) is 4.79 Å². The number of aromatic carboxylic acids is 1. The van der Waals surface area contributed by atoms with Gasteiger partial charge in [-0.15, -0.1) is 0 Å². The summed E-state index contributed by atoms with van der Waals surface area (Å²) in [5.74, 6) is -0.995. The van der Waals surface area contributed by atoms with Crippen LogP contribution < -0.4 is 0 Å². The van der Waals surface area contributed by atoms with Crippen LogP contribution in [0.25, 0.3) is 5.52 Å². The highest BCUT2D eigenvalue weighted by Gasteiger charge is 2.14. The maximum atomic E-state index is 10.8. The molecular weight excluding hydrogens is 204 g/mol.